The Kier molecular flexibility index (Phi) is 6.74. The maximum Gasteiger partial charge on any atom is 0.276 e. The molecule has 0 saturated carbocycles. The fourth-order valence-corrected chi connectivity index (χ4v) is 3.52. The van der Waals surface area contributed by atoms with Crippen LogP contribution in [0, 0.1) is 0 Å². The summed E-state index contributed by atoms with van der Waals surface area (Å²) < 4.78 is 35.5. The van der Waals surface area contributed by atoms with Gasteiger partial charge in [-0.2, -0.15) is 13.5 Å². The van der Waals surface area contributed by atoms with Crippen LogP contribution >= 0.6 is 11.6 Å². The van der Waals surface area contributed by atoms with Crippen molar-refractivity contribution in [3.05, 3.63) is 88.9 Å². The van der Waals surface area contributed by atoms with E-state index < -0.39 is 10.0 Å². The van der Waals surface area contributed by atoms with Gasteiger partial charge in [-0.15, -0.1) is 0 Å². The Labute approximate surface area is 174 Å². The van der Waals surface area contributed by atoms with Crippen molar-refractivity contribution < 1.29 is 17.9 Å². The Bertz CT molecular complexity index is 1100. The molecular formula is C21H19ClN2O4S. The normalized spacial score (nSPS) is 11.4. The lowest BCUT2D eigenvalue weighted by molar-refractivity contribution is 0.296. The second-order valence-electron chi connectivity index (χ2n) is 5.98. The van der Waals surface area contributed by atoms with Crippen LogP contribution in [0.15, 0.2) is 82.8 Å². The predicted molar refractivity (Wildman–Crippen MR) is 113 cm³/mol. The Morgan fingerprint density at radius 2 is 1.83 bits per heavy atom. The van der Waals surface area contributed by atoms with E-state index in [1.807, 2.05) is 12.1 Å². The minimum atomic E-state index is -3.71. The van der Waals surface area contributed by atoms with Gasteiger partial charge >= 0.3 is 0 Å². The number of halogens is 1. The third-order valence-electron chi connectivity index (χ3n) is 3.93. The number of hydrogen-bond donors (Lipinski definition) is 1. The van der Waals surface area contributed by atoms with Crippen molar-refractivity contribution in [2.75, 3.05) is 7.11 Å². The SMILES string of the molecule is COc1ccc(/C=N\NS(=O)(=O)c2ccccc2)cc1COc1cccc(Cl)c1. The maximum absolute atomic E-state index is 12.2. The van der Waals surface area contributed by atoms with E-state index in [1.165, 1.54) is 18.3 Å². The molecule has 0 radical (unpaired) electrons. The highest BCUT2D eigenvalue weighted by molar-refractivity contribution is 7.89. The second kappa shape index (κ2) is 9.45. The van der Waals surface area contributed by atoms with Crippen molar-refractivity contribution in [1.82, 2.24) is 4.83 Å². The Hall–Kier alpha value is -3.03. The van der Waals surface area contributed by atoms with Crippen LogP contribution in [0.25, 0.3) is 0 Å². The minimum Gasteiger partial charge on any atom is -0.496 e. The van der Waals surface area contributed by atoms with Crippen molar-refractivity contribution in [3.8, 4) is 11.5 Å². The van der Waals surface area contributed by atoms with Crippen molar-refractivity contribution in [1.29, 1.82) is 0 Å². The zero-order valence-corrected chi connectivity index (χ0v) is 17.2. The monoisotopic (exact) mass is 430 g/mol. The molecule has 8 heteroatoms. The molecule has 0 spiro atoms. The van der Waals surface area contributed by atoms with Crippen molar-refractivity contribution in [2.24, 2.45) is 5.10 Å². The van der Waals surface area contributed by atoms with Crippen LogP contribution in [0.4, 0.5) is 0 Å². The number of nitrogens with one attached hydrogen (secondary N) is 1. The van der Waals surface area contributed by atoms with Crippen molar-refractivity contribution in [3.63, 3.8) is 0 Å². The largest absolute Gasteiger partial charge is 0.496 e. The molecule has 0 amide bonds. The van der Waals surface area contributed by atoms with E-state index >= 15 is 0 Å². The molecule has 0 unspecified atom stereocenters. The summed E-state index contributed by atoms with van der Waals surface area (Å²) in [6.07, 6.45) is 1.42. The molecular weight excluding hydrogens is 412 g/mol. The van der Waals surface area contributed by atoms with Crippen LogP contribution in [0.5, 0.6) is 11.5 Å². The molecule has 0 fully saturated rings. The molecule has 0 saturated heterocycles. The number of benzene rings is 3. The summed E-state index contributed by atoms with van der Waals surface area (Å²) >= 11 is 5.97. The number of nitrogens with zero attached hydrogens (tertiary/aromatic N) is 1. The first-order valence-corrected chi connectivity index (χ1v) is 10.5. The first-order valence-electron chi connectivity index (χ1n) is 8.63. The third-order valence-corrected chi connectivity index (χ3v) is 5.41. The van der Waals surface area contributed by atoms with Crippen LogP contribution in [0.2, 0.25) is 5.02 Å². The summed E-state index contributed by atoms with van der Waals surface area (Å²) in [6, 6.07) is 20.5. The zero-order chi connectivity index (χ0) is 20.7. The Morgan fingerprint density at radius 1 is 1.03 bits per heavy atom. The third kappa shape index (κ3) is 5.73. The maximum atomic E-state index is 12.2. The zero-order valence-electron chi connectivity index (χ0n) is 15.6. The quantitative estimate of drug-likeness (QED) is 0.428. The molecule has 0 atom stereocenters. The van der Waals surface area contributed by atoms with Crippen LogP contribution < -0.4 is 14.3 Å². The lowest BCUT2D eigenvalue weighted by Gasteiger charge is -2.11. The van der Waals surface area contributed by atoms with Gasteiger partial charge in [0.1, 0.15) is 18.1 Å². The Morgan fingerprint density at radius 3 is 2.55 bits per heavy atom. The molecule has 150 valence electrons. The summed E-state index contributed by atoms with van der Waals surface area (Å²) in [5.41, 5.74) is 1.47. The predicted octanol–water partition coefficient (Wildman–Crippen LogP) is 4.24. The van der Waals surface area contributed by atoms with E-state index in [9.17, 15) is 8.42 Å². The highest BCUT2D eigenvalue weighted by Gasteiger charge is 2.11. The van der Waals surface area contributed by atoms with Gasteiger partial charge in [0.2, 0.25) is 0 Å². The lowest BCUT2D eigenvalue weighted by atomic mass is 10.1. The van der Waals surface area contributed by atoms with Gasteiger partial charge in [0.15, 0.2) is 0 Å². The molecule has 0 bridgehead atoms. The molecule has 0 aromatic heterocycles. The van der Waals surface area contributed by atoms with Gasteiger partial charge in [-0.25, -0.2) is 4.83 Å². The summed E-state index contributed by atoms with van der Waals surface area (Å²) in [4.78, 5) is 2.34. The van der Waals surface area contributed by atoms with E-state index in [-0.39, 0.29) is 11.5 Å². The minimum absolute atomic E-state index is 0.141. The molecule has 6 nitrogen and oxygen atoms in total. The summed E-state index contributed by atoms with van der Waals surface area (Å²) in [5.74, 6) is 1.28. The van der Waals surface area contributed by atoms with Gasteiger partial charge in [0, 0.05) is 10.6 Å². The lowest BCUT2D eigenvalue weighted by Crippen LogP contribution is -2.18. The summed E-state index contributed by atoms with van der Waals surface area (Å²) in [6.45, 7) is 0.251. The number of ether oxygens (including phenoxy) is 2. The number of hydrazone groups is 1. The smallest absolute Gasteiger partial charge is 0.276 e. The number of sulfonamides is 1. The van der Waals surface area contributed by atoms with Gasteiger partial charge in [0.25, 0.3) is 10.0 Å². The average molecular weight is 431 g/mol. The molecule has 29 heavy (non-hydrogen) atoms. The summed E-state index contributed by atoms with van der Waals surface area (Å²) in [7, 11) is -2.14. The summed E-state index contributed by atoms with van der Waals surface area (Å²) in [5, 5.41) is 4.44. The second-order valence-corrected chi connectivity index (χ2v) is 8.08. The van der Waals surface area contributed by atoms with Crippen LogP contribution in [0.3, 0.4) is 0 Å². The first kappa shape index (κ1) is 20.7. The van der Waals surface area contributed by atoms with E-state index in [2.05, 4.69) is 9.93 Å². The fraction of sp³-hybridized carbons (Fsp3) is 0.0952. The molecule has 0 aliphatic carbocycles. The van der Waals surface area contributed by atoms with E-state index in [0.29, 0.717) is 22.1 Å². The van der Waals surface area contributed by atoms with Gasteiger partial charge in [0.05, 0.1) is 18.2 Å². The first-order chi connectivity index (χ1) is 14.0. The molecule has 0 heterocycles. The van der Waals surface area contributed by atoms with Crippen LogP contribution in [-0.2, 0) is 16.6 Å². The van der Waals surface area contributed by atoms with Gasteiger partial charge < -0.3 is 9.47 Å². The van der Waals surface area contributed by atoms with Gasteiger partial charge in [-0.05, 0) is 54.1 Å². The van der Waals surface area contributed by atoms with Gasteiger partial charge in [-0.1, -0.05) is 35.9 Å². The van der Waals surface area contributed by atoms with Gasteiger partial charge in [-0.3, -0.25) is 0 Å². The molecule has 3 aromatic carbocycles. The average Bonchev–Trinajstić information content (AvgIpc) is 2.73. The molecule has 0 aliphatic rings. The number of hydrogen-bond acceptors (Lipinski definition) is 5. The number of methoxy groups -OCH3 is 1. The Balaban J connectivity index is 1.71. The molecule has 3 aromatic rings. The van der Waals surface area contributed by atoms with E-state index in [4.69, 9.17) is 21.1 Å². The molecule has 1 N–H and O–H groups in total. The van der Waals surface area contributed by atoms with Crippen molar-refractivity contribution >= 4 is 27.8 Å². The fourth-order valence-electron chi connectivity index (χ4n) is 2.53. The topological polar surface area (TPSA) is 77.0 Å². The van der Waals surface area contributed by atoms with E-state index in [0.717, 1.165) is 5.56 Å². The molecule has 0 aliphatic heterocycles. The van der Waals surface area contributed by atoms with Crippen molar-refractivity contribution in [2.45, 2.75) is 11.5 Å². The standard InChI is InChI=1S/C21H19ClN2O4S/c1-27-21-11-10-16(12-17(21)15-28-19-7-5-6-18(22)13-19)14-23-24-29(25,26)20-8-3-2-4-9-20/h2-14,24H,15H2,1H3/b23-14-. The van der Waals surface area contributed by atoms with E-state index in [1.54, 1.807) is 55.6 Å². The van der Waals surface area contributed by atoms with Crippen LogP contribution in [-0.4, -0.2) is 21.7 Å². The highest BCUT2D eigenvalue weighted by Crippen LogP contribution is 2.23. The van der Waals surface area contributed by atoms with Crippen LogP contribution in [0.1, 0.15) is 11.1 Å². The highest BCUT2D eigenvalue weighted by atomic mass is 35.5. The molecule has 3 rings (SSSR count). The number of rotatable bonds is 8.